The van der Waals surface area contributed by atoms with Crippen LogP contribution in [0, 0.1) is 6.92 Å². The molecule has 1 aromatic heterocycles. The molecular weight excluding hydrogens is 283 g/mol. The monoisotopic (exact) mass is 294 g/mol. The second-order valence-electron chi connectivity index (χ2n) is 4.15. The summed E-state index contributed by atoms with van der Waals surface area (Å²) in [4.78, 5) is 15.9. The van der Waals surface area contributed by atoms with Crippen molar-refractivity contribution in [3.05, 3.63) is 57.8 Å². The molecule has 2 aromatic rings. The molecular formula is C14H12Cl2N2O. The minimum atomic E-state index is -0.142. The highest BCUT2D eigenvalue weighted by atomic mass is 35.5. The molecule has 1 aromatic carbocycles. The highest BCUT2D eigenvalue weighted by Gasteiger charge is 2.08. The lowest BCUT2D eigenvalue weighted by molar-refractivity contribution is -0.115. The Kier molecular flexibility index (Phi) is 4.40. The zero-order chi connectivity index (χ0) is 13.8. The van der Waals surface area contributed by atoms with Gasteiger partial charge in [-0.2, -0.15) is 0 Å². The summed E-state index contributed by atoms with van der Waals surface area (Å²) in [5.41, 5.74) is 2.23. The first-order valence-electron chi connectivity index (χ1n) is 5.71. The van der Waals surface area contributed by atoms with Crippen molar-refractivity contribution in [2.45, 2.75) is 13.3 Å². The number of hydrogen-bond acceptors (Lipinski definition) is 2. The second kappa shape index (κ2) is 6.04. The number of nitrogens with one attached hydrogen (secondary N) is 1. The smallest absolute Gasteiger partial charge is 0.228 e. The number of nitrogens with zero attached hydrogens (tertiary/aromatic N) is 1. The molecule has 0 unspecified atom stereocenters. The third kappa shape index (κ3) is 3.69. The van der Waals surface area contributed by atoms with Crippen LogP contribution in [0.4, 0.5) is 5.69 Å². The molecule has 0 radical (unpaired) electrons. The van der Waals surface area contributed by atoms with Crippen LogP contribution < -0.4 is 5.32 Å². The first-order chi connectivity index (χ1) is 9.06. The number of halogens is 2. The Hall–Kier alpha value is -1.58. The Bertz CT molecular complexity index is 614. The van der Waals surface area contributed by atoms with Crippen molar-refractivity contribution in [3.63, 3.8) is 0 Å². The average Bonchev–Trinajstić information content (AvgIpc) is 2.37. The van der Waals surface area contributed by atoms with E-state index in [2.05, 4.69) is 10.3 Å². The molecule has 19 heavy (non-hydrogen) atoms. The van der Waals surface area contributed by atoms with Crippen LogP contribution >= 0.6 is 23.2 Å². The normalized spacial score (nSPS) is 10.3. The van der Waals surface area contributed by atoms with Gasteiger partial charge in [-0.3, -0.25) is 4.79 Å². The molecule has 3 nitrogen and oxygen atoms in total. The van der Waals surface area contributed by atoms with Crippen molar-refractivity contribution in [3.8, 4) is 0 Å². The van der Waals surface area contributed by atoms with Gasteiger partial charge < -0.3 is 5.32 Å². The molecule has 5 heteroatoms. The number of carbonyl (C=O) groups excluding carboxylic acids is 1. The molecule has 0 spiro atoms. The van der Waals surface area contributed by atoms with Crippen LogP contribution in [0.15, 0.2) is 36.5 Å². The highest BCUT2D eigenvalue weighted by Crippen LogP contribution is 2.18. The fourth-order valence-electron chi connectivity index (χ4n) is 1.65. The third-order valence-electron chi connectivity index (χ3n) is 2.61. The van der Waals surface area contributed by atoms with E-state index in [1.165, 1.54) is 6.20 Å². The summed E-state index contributed by atoms with van der Waals surface area (Å²) in [6.45, 7) is 1.83. The molecule has 0 fully saturated rings. The molecule has 0 bridgehead atoms. The number of benzene rings is 1. The van der Waals surface area contributed by atoms with Gasteiger partial charge in [-0.15, -0.1) is 0 Å². The molecule has 0 saturated carbocycles. The second-order valence-corrected chi connectivity index (χ2v) is 4.91. The summed E-state index contributed by atoms with van der Waals surface area (Å²) in [6.07, 6.45) is 1.75. The lowest BCUT2D eigenvalue weighted by atomic mass is 10.1. The predicted octanol–water partition coefficient (Wildman–Crippen LogP) is 3.88. The van der Waals surface area contributed by atoms with Crippen LogP contribution in [0.5, 0.6) is 0 Å². The Morgan fingerprint density at radius 1 is 1.32 bits per heavy atom. The van der Waals surface area contributed by atoms with E-state index in [1.54, 1.807) is 12.1 Å². The van der Waals surface area contributed by atoms with Gasteiger partial charge in [0.1, 0.15) is 5.15 Å². The van der Waals surface area contributed by atoms with E-state index < -0.39 is 0 Å². The van der Waals surface area contributed by atoms with E-state index in [4.69, 9.17) is 23.2 Å². The summed E-state index contributed by atoms with van der Waals surface area (Å²) in [5, 5.41) is 3.79. The van der Waals surface area contributed by atoms with E-state index in [0.717, 1.165) is 11.1 Å². The number of carbonyl (C=O) groups is 1. The van der Waals surface area contributed by atoms with E-state index in [-0.39, 0.29) is 12.3 Å². The first-order valence-corrected chi connectivity index (χ1v) is 6.47. The molecule has 1 N–H and O–H groups in total. The zero-order valence-electron chi connectivity index (χ0n) is 10.3. The maximum Gasteiger partial charge on any atom is 0.228 e. The molecule has 2 rings (SSSR count). The van der Waals surface area contributed by atoms with Gasteiger partial charge in [-0.05, 0) is 30.2 Å². The van der Waals surface area contributed by atoms with E-state index in [1.807, 2.05) is 25.1 Å². The summed E-state index contributed by atoms with van der Waals surface area (Å²) in [6, 6.07) is 9.05. The van der Waals surface area contributed by atoms with Gasteiger partial charge in [0.25, 0.3) is 0 Å². The largest absolute Gasteiger partial charge is 0.324 e. The van der Waals surface area contributed by atoms with Gasteiger partial charge in [-0.25, -0.2) is 4.98 Å². The highest BCUT2D eigenvalue weighted by molar-refractivity contribution is 6.31. The van der Waals surface area contributed by atoms with Crippen molar-refractivity contribution in [1.29, 1.82) is 0 Å². The van der Waals surface area contributed by atoms with Crippen molar-refractivity contribution < 1.29 is 4.79 Å². The number of pyridine rings is 1. The van der Waals surface area contributed by atoms with E-state index >= 15 is 0 Å². The summed E-state index contributed by atoms with van der Waals surface area (Å²) < 4.78 is 0. The lowest BCUT2D eigenvalue weighted by Crippen LogP contribution is -2.14. The quantitative estimate of drug-likeness (QED) is 0.873. The molecule has 0 atom stereocenters. The van der Waals surface area contributed by atoms with Crippen LogP contribution in [-0.2, 0) is 11.2 Å². The molecule has 0 aliphatic rings. The average molecular weight is 295 g/mol. The fraction of sp³-hybridized carbons (Fsp3) is 0.143. The number of aromatic nitrogens is 1. The number of aryl methyl sites for hydroxylation is 1. The third-order valence-corrected chi connectivity index (χ3v) is 3.37. The Morgan fingerprint density at radius 3 is 2.74 bits per heavy atom. The minimum absolute atomic E-state index is 0.142. The number of amides is 1. The van der Waals surface area contributed by atoms with Gasteiger partial charge in [0.05, 0.1) is 18.3 Å². The molecule has 98 valence electrons. The zero-order valence-corrected chi connectivity index (χ0v) is 11.8. The molecule has 1 heterocycles. The molecule has 0 saturated heterocycles. The maximum absolute atomic E-state index is 11.9. The van der Waals surface area contributed by atoms with E-state index in [0.29, 0.717) is 15.9 Å². The fourth-order valence-corrected chi connectivity index (χ4v) is 1.95. The topological polar surface area (TPSA) is 42.0 Å². The van der Waals surface area contributed by atoms with Crippen molar-refractivity contribution >= 4 is 34.8 Å². The summed E-state index contributed by atoms with van der Waals surface area (Å²) >= 11 is 11.8. The molecule has 0 aliphatic heterocycles. The predicted molar refractivity (Wildman–Crippen MR) is 77.8 cm³/mol. The number of rotatable bonds is 3. The lowest BCUT2D eigenvalue weighted by Gasteiger charge is -2.07. The molecule has 0 aliphatic carbocycles. The van der Waals surface area contributed by atoms with Crippen LogP contribution in [0.3, 0.4) is 0 Å². The minimum Gasteiger partial charge on any atom is -0.324 e. The van der Waals surface area contributed by atoms with Gasteiger partial charge in [-0.1, -0.05) is 41.4 Å². The summed E-state index contributed by atoms with van der Waals surface area (Å²) in [5.74, 6) is -0.142. The number of hydrogen-bond donors (Lipinski definition) is 1. The van der Waals surface area contributed by atoms with Crippen LogP contribution in [-0.4, -0.2) is 10.9 Å². The van der Waals surface area contributed by atoms with Crippen molar-refractivity contribution in [2.24, 2.45) is 0 Å². The van der Waals surface area contributed by atoms with Gasteiger partial charge >= 0.3 is 0 Å². The van der Waals surface area contributed by atoms with Crippen molar-refractivity contribution in [2.75, 3.05) is 5.32 Å². The standard InChI is InChI=1S/C14H12Cl2N2O/c1-9-6-11(8-17-14(9)16)18-13(19)7-10-4-2-3-5-12(10)15/h2-6,8H,7H2,1H3,(H,18,19). The van der Waals surface area contributed by atoms with Crippen molar-refractivity contribution in [1.82, 2.24) is 4.98 Å². The van der Waals surface area contributed by atoms with Crippen LogP contribution in [0.2, 0.25) is 10.2 Å². The summed E-state index contributed by atoms with van der Waals surface area (Å²) in [7, 11) is 0. The SMILES string of the molecule is Cc1cc(NC(=O)Cc2ccccc2Cl)cnc1Cl. The first kappa shape index (κ1) is 13.8. The maximum atomic E-state index is 11.9. The van der Waals surface area contributed by atoms with Gasteiger partial charge in [0.15, 0.2) is 0 Å². The van der Waals surface area contributed by atoms with E-state index in [9.17, 15) is 4.79 Å². The van der Waals surface area contributed by atoms with Crippen LogP contribution in [0.25, 0.3) is 0 Å². The Balaban J connectivity index is 2.05. The Morgan fingerprint density at radius 2 is 2.05 bits per heavy atom. The molecule has 1 amide bonds. The van der Waals surface area contributed by atoms with Gasteiger partial charge in [0, 0.05) is 5.02 Å². The Labute approximate surface area is 121 Å². The number of anilines is 1. The van der Waals surface area contributed by atoms with Gasteiger partial charge in [0.2, 0.25) is 5.91 Å². The van der Waals surface area contributed by atoms with Crippen LogP contribution in [0.1, 0.15) is 11.1 Å².